The molecular weight excluding hydrogens is 227 g/mol. The summed E-state index contributed by atoms with van der Waals surface area (Å²) in [5.41, 5.74) is 6.13. The Morgan fingerprint density at radius 1 is 1.50 bits per heavy atom. The van der Waals surface area contributed by atoms with E-state index < -0.39 is 0 Å². The molecule has 16 heavy (non-hydrogen) atoms. The summed E-state index contributed by atoms with van der Waals surface area (Å²) in [6.45, 7) is 2.65. The van der Waals surface area contributed by atoms with Crippen LogP contribution in [-0.4, -0.2) is 13.6 Å². The van der Waals surface area contributed by atoms with Crippen LogP contribution in [0.5, 0.6) is 0 Å². The average Bonchev–Trinajstić information content (AvgIpc) is 2.24. The van der Waals surface area contributed by atoms with Crippen LogP contribution in [0.3, 0.4) is 0 Å². The number of hydrogen-bond acceptors (Lipinski definition) is 2. The molecule has 0 heterocycles. The van der Waals surface area contributed by atoms with E-state index in [1.54, 1.807) is 12.1 Å². The second kappa shape index (κ2) is 6.18. The highest BCUT2D eigenvalue weighted by Crippen LogP contribution is 2.28. The molecule has 2 atom stereocenters. The molecule has 0 amide bonds. The van der Waals surface area contributed by atoms with E-state index in [1.807, 2.05) is 14.0 Å². The van der Waals surface area contributed by atoms with Crippen LogP contribution in [0.25, 0.3) is 0 Å². The van der Waals surface area contributed by atoms with Gasteiger partial charge in [-0.3, -0.25) is 0 Å². The monoisotopic (exact) mass is 244 g/mol. The van der Waals surface area contributed by atoms with E-state index in [9.17, 15) is 4.39 Å². The van der Waals surface area contributed by atoms with Crippen LogP contribution >= 0.6 is 11.6 Å². The zero-order valence-electron chi connectivity index (χ0n) is 9.63. The molecule has 2 nitrogen and oxygen atoms in total. The number of rotatable bonds is 5. The number of benzene rings is 1. The van der Waals surface area contributed by atoms with Gasteiger partial charge in [-0.2, -0.15) is 0 Å². The Bertz CT molecular complexity index is 344. The van der Waals surface area contributed by atoms with Gasteiger partial charge in [-0.25, -0.2) is 4.39 Å². The highest BCUT2D eigenvalue weighted by molar-refractivity contribution is 6.30. The van der Waals surface area contributed by atoms with Gasteiger partial charge < -0.3 is 11.1 Å². The van der Waals surface area contributed by atoms with Gasteiger partial charge in [0, 0.05) is 16.6 Å². The third-order valence-corrected chi connectivity index (χ3v) is 3.03. The van der Waals surface area contributed by atoms with Crippen LogP contribution in [0, 0.1) is 11.7 Å². The molecule has 2 unspecified atom stereocenters. The summed E-state index contributed by atoms with van der Waals surface area (Å²) in [6, 6.07) is 4.57. The molecule has 0 aliphatic carbocycles. The Morgan fingerprint density at radius 3 is 2.75 bits per heavy atom. The van der Waals surface area contributed by atoms with Gasteiger partial charge >= 0.3 is 0 Å². The topological polar surface area (TPSA) is 38.0 Å². The van der Waals surface area contributed by atoms with Crippen molar-refractivity contribution in [1.82, 2.24) is 5.32 Å². The molecule has 0 saturated heterocycles. The van der Waals surface area contributed by atoms with Gasteiger partial charge in [0.2, 0.25) is 0 Å². The summed E-state index contributed by atoms with van der Waals surface area (Å²) in [5.74, 6) is 0.0376. The first-order valence-electron chi connectivity index (χ1n) is 5.42. The number of nitrogens with one attached hydrogen (secondary N) is 1. The standard InChI is InChI=1S/C12H18ClFN2/c1-8(5-6-15)12(16-2)10-7-9(13)3-4-11(10)14/h3-4,7-8,12,16H,5-6,15H2,1-2H3. The third-order valence-electron chi connectivity index (χ3n) is 2.80. The fourth-order valence-electron chi connectivity index (χ4n) is 1.93. The van der Waals surface area contributed by atoms with Crippen molar-refractivity contribution >= 4 is 11.6 Å². The number of nitrogens with two attached hydrogens (primary N) is 1. The van der Waals surface area contributed by atoms with Gasteiger partial charge in [0.05, 0.1) is 0 Å². The molecule has 0 radical (unpaired) electrons. The molecule has 4 heteroatoms. The predicted molar refractivity (Wildman–Crippen MR) is 66.0 cm³/mol. The van der Waals surface area contributed by atoms with Crippen LogP contribution in [-0.2, 0) is 0 Å². The zero-order valence-corrected chi connectivity index (χ0v) is 10.4. The van der Waals surface area contributed by atoms with Crippen molar-refractivity contribution < 1.29 is 4.39 Å². The first kappa shape index (κ1) is 13.4. The number of hydrogen-bond donors (Lipinski definition) is 2. The van der Waals surface area contributed by atoms with E-state index >= 15 is 0 Å². The smallest absolute Gasteiger partial charge is 0.128 e. The summed E-state index contributed by atoms with van der Waals surface area (Å²) >= 11 is 5.88. The lowest BCUT2D eigenvalue weighted by atomic mass is 9.92. The van der Waals surface area contributed by atoms with Gasteiger partial charge in [0.1, 0.15) is 5.82 Å². The first-order chi connectivity index (χ1) is 7.60. The molecule has 0 spiro atoms. The van der Waals surface area contributed by atoms with Gasteiger partial charge in [0.25, 0.3) is 0 Å². The van der Waals surface area contributed by atoms with Crippen molar-refractivity contribution in [3.8, 4) is 0 Å². The molecule has 1 aromatic carbocycles. The quantitative estimate of drug-likeness (QED) is 0.836. The molecule has 0 bridgehead atoms. The Morgan fingerprint density at radius 2 is 2.19 bits per heavy atom. The highest BCUT2D eigenvalue weighted by Gasteiger charge is 2.20. The molecule has 0 aromatic heterocycles. The second-order valence-electron chi connectivity index (χ2n) is 3.99. The molecule has 0 fully saturated rings. The van der Waals surface area contributed by atoms with E-state index in [2.05, 4.69) is 5.32 Å². The zero-order chi connectivity index (χ0) is 12.1. The van der Waals surface area contributed by atoms with Crippen LogP contribution < -0.4 is 11.1 Å². The van der Waals surface area contributed by atoms with E-state index in [1.165, 1.54) is 6.07 Å². The normalized spacial score (nSPS) is 14.8. The Hall–Kier alpha value is -0.640. The van der Waals surface area contributed by atoms with E-state index in [0.717, 1.165) is 6.42 Å². The van der Waals surface area contributed by atoms with Crippen molar-refractivity contribution in [2.45, 2.75) is 19.4 Å². The lowest BCUT2D eigenvalue weighted by Crippen LogP contribution is -2.26. The minimum Gasteiger partial charge on any atom is -0.330 e. The molecule has 0 saturated carbocycles. The minimum absolute atomic E-state index is 0.0535. The van der Waals surface area contributed by atoms with Gasteiger partial charge in [0.15, 0.2) is 0 Å². The summed E-state index contributed by atoms with van der Waals surface area (Å²) in [4.78, 5) is 0. The largest absolute Gasteiger partial charge is 0.330 e. The van der Waals surface area contributed by atoms with Crippen molar-refractivity contribution in [1.29, 1.82) is 0 Å². The molecule has 90 valence electrons. The lowest BCUT2D eigenvalue weighted by molar-refractivity contribution is 0.379. The SMILES string of the molecule is CNC(c1cc(Cl)ccc1F)C(C)CCN. The highest BCUT2D eigenvalue weighted by atomic mass is 35.5. The molecule has 1 rings (SSSR count). The van der Waals surface area contributed by atoms with Crippen LogP contribution in [0.4, 0.5) is 4.39 Å². The van der Waals surface area contributed by atoms with Crippen LogP contribution in [0.1, 0.15) is 24.9 Å². The Kier molecular flexibility index (Phi) is 5.19. The molecule has 0 aliphatic rings. The van der Waals surface area contributed by atoms with Crippen LogP contribution in [0.15, 0.2) is 18.2 Å². The van der Waals surface area contributed by atoms with Gasteiger partial charge in [-0.1, -0.05) is 18.5 Å². The molecule has 1 aromatic rings. The third kappa shape index (κ3) is 3.17. The van der Waals surface area contributed by atoms with Crippen molar-refractivity contribution in [2.75, 3.05) is 13.6 Å². The lowest BCUT2D eigenvalue weighted by Gasteiger charge is -2.24. The number of halogens is 2. The van der Waals surface area contributed by atoms with E-state index in [-0.39, 0.29) is 17.8 Å². The van der Waals surface area contributed by atoms with Gasteiger partial charge in [-0.05, 0) is 44.1 Å². The predicted octanol–water partition coefficient (Wildman–Crippen LogP) is 2.72. The van der Waals surface area contributed by atoms with Crippen LogP contribution in [0.2, 0.25) is 5.02 Å². The summed E-state index contributed by atoms with van der Waals surface area (Å²) in [7, 11) is 1.82. The minimum atomic E-state index is -0.229. The maximum Gasteiger partial charge on any atom is 0.128 e. The average molecular weight is 245 g/mol. The van der Waals surface area contributed by atoms with E-state index in [0.29, 0.717) is 17.1 Å². The maximum absolute atomic E-state index is 13.7. The summed E-state index contributed by atoms with van der Waals surface area (Å²) < 4.78 is 13.7. The molecule has 3 N–H and O–H groups in total. The Labute approximate surface area is 101 Å². The van der Waals surface area contributed by atoms with Gasteiger partial charge in [-0.15, -0.1) is 0 Å². The second-order valence-corrected chi connectivity index (χ2v) is 4.42. The van der Waals surface area contributed by atoms with Crippen molar-refractivity contribution in [3.63, 3.8) is 0 Å². The molecule has 0 aliphatic heterocycles. The summed E-state index contributed by atoms with van der Waals surface area (Å²) in [6.07, 6.45) is 0.845. The fourth-order valence-corrected chi connectivity index (χ4v) is 2.11. The first-order valence-corrected chi connectivity index (χ1v) is 5.80. The van der Waals surface area contributed by atoms with Crippen molar-refractivity contribution in [3.05, 3.63) is 34.6 Å². The van der Waals surface area contributed by atoms with E-state index in [4.69, 9.17) is 17.3 Å². The fraction of sp³-hybridized carbons (Fsp3) is 0.500. The Balaban J connectivity index is 2.98. The maximum atomic E-state index is 13.7. The molecular formula is C12H18ClFN2. The van der Waals surface area contributed by atoms with Crippen molar-refractivity contribution in [2.24, 2.45) is 11.7 Å². The summed E-state index contributed by atoms with van der Waals surface area (Å²) in [5, 5.41) is 3.67.